The summed E-state index contributed by atoms with van der Waals surface area (Å²) in [5, 5.41) is 11.1. The van der Waals surface area contributed by atoms with Crippen LogP contribution in [-0.4, -0.2) is 0 Å². The van der Waals surface area contributed by atoms with E-state index < -0.39 is 31.7 Å². The molecule has 0 amide bonds. The van der Waals surface area contributed by atoms with Gasteiger partial charge in [-0.3, -0.25) is 0 Å². The molecule has 8 aromatic rings. The predicted octanol–water partition coefficient (Wildman–Crippen LogP) is 11.4. The summed E-state index contributed by atoms with van der Waals surface area (Å²) in [6, 6.07) is 86.9. The van der Waals surface area contributed by atoms with E-state index in [0.717, 1.165) is 0 Å². The van der Waals surface area contributed by atoms with Crippen LogP contribution in [0.5, 0.6) is 0 Å². The minimum Gasteiger partial charge on any atom is -0.0622 e. The molecule has 0 aliphatic rings. The first-order valence-electron chi connectivity index (χ1n) is 18.8. The molecule has 0 fully saturated rings. The van der Waals surface area contributed by atoms with Gasteiger partial charge in [-0.2, -0.15) is 0 Å². The Balaban J connectivity index is 0.000000189. The molecule has 57 heavy (non-hydrogen) atoms. The molecule has 0 aromatic heterocycles. The van der Waals surface area contributed by atoms with E-state index in [1.165, 1.54) is 42.4 Å². The van der Waals surface area contributed by atoms with Crippen molar-refractivity contribution in [3.8, 4) is 0 Å². The molecule has 0 spiro atoms. The van der Waals surface area contributed by atoms with Gasteiger partial charge in [0.05, 0.1) is 0 Å². The summed E-state index contributed by atoms with van der Waals surface area (Å²) >= 11 is 0. The normalized spacial score (nSPS) is 11.2. The third-order valence-corrected chi connectivity index (χ3v) is 18.1. The molecule has 8 aromatic carbocycles. The molecule has 0 atom stereocenters. The van der Waals surface area contributed by atoms with Crippen LogP contribution in [0.4, 0.5) is 0 Å². The minimum absolute atomic E-state index is 0. The molecule has 5 heteroatoms. The smallest absolute Gasteiger partial charge is 0.0622 e. The zero-order chi connectivity index (χ0) is 38.0. The van der Waals surface area contributed by atoms with E-state index in [0.29, 0.717) is 0 Å². The maximum Gasteiger partial charge on any atom is 1.00 e. The van der Waals surface area contributed by atoms with Gasteiger partial charge in [0, 0.05) is 0 Å². The van der Waals surface area contributed by atoms with Crippen LogP contribution in [0.25, 0.3) is 0 Å². The first kappa shape index (κ1) is 42.3. The van der Waals surface area contributed by atoms with Gasteiger partial charge in [0.1, 0.15) is 0 Å². The molecular weight excluding hydrogens is 945 g/mol. The molecule has 282 valence electrons. The van der Waals surface area contributed by atoms with Gasteiger partial charge in [0.25, 0.3) is 0 Å². The summed E-state index contributed by atoms with van der Waals surface area (Å²) in [5.74, 6) is 9.80. The van der Waals surface area contributed by atoms with Crippen molar-refractivity contribution in [3.63, 3.8) is 0 Å². The Morgan fingerprint density at radius 3 is 0.386 bits per heavy atom. The average Bonchev–Trinajstić information content (AvgIpc) is 3.29. The zero-order valence-electron chi connectivity index (χ0n) is 31.5. The van der Waals surface area contributed by atoms with Crippen LogP contribution >= 0.6 is 31.7 Å². The second-order valence-electron chi connectivity index (χ2n) is 12.8. The molecule has 0 aliphatic heterocycles. The molecular formula is C52H44AuP4+. The van der Waals surface area contributed by atoms with Crippen LogP contribution < -0.4 is 42.4 Å². The van der Waals surface area contributed by atoms with E-state index in [4.69, 9.17) is 0 Å². The molecule has 0 radical (unpaired) electrons. The number of hydrogen-bond donors (Lipinski definition) is 0. The summed E-state index contributed by atoms with van der Waals surface area (Å²) in [7, 11) is -2.11. The molecule has 0 saturated heterocycles. The van der Waals surface area contributed by atoms with E-state index in [-0.39, 0.29) is 22.4 Å². The van der Waals surface area contributed by atoms with Gasteiger partial charge in [-0.05, 0) is 74.1 Å². The van der Waals surface area contributed by atoms with E-state index in [9.17, 15) is 0 Å². The Morgan fingerprint density at radius 1 is 0.175 bits per heavy atom. The Kier molecular flexibility index (Phi) is 17.2. The molecule has 0 nitrogen and oxygen atoms in total. The zero-order valence-corrected chi connectivity index (χ0v) is 37.2. The molecule has 0 heterocycles. The summed E-state index contributed by atoms with van der Waals surface area (Å²) in [4.78, 5) is 0. The molecule has 0 bridgehead atoms. The second kappa shape index (κ2) is 23.2. The largest absolute Gasteiger partial charge is 1.00 e. The van der Waals surface area contributed by atoms with Crippen LogP contribution in [0.1, 0.15) is 0 Å². The van der Waals surface area contributed by atoms with Gasteiger partial charge in [-0.15, -0.1) is 0 Å². The van der Waals surface area contributed by atoms with Crippen molar-refractivity contribution in [2.45, 2.75) is 0 Å². The van der Waals surface area contributed by atoms with E-state index >= 15 is 0 Å². The molecule has 0 unspecified atom stereocenters. The van der Waals surface area contributed by atoms with Crippen molar-refractivity contribution >= 4 is 74.1 Å². The Bertz CT molecular complexity index is 1850. The second-order valence-corrected chi connectivity index (χ2v) is 21.0. The minimum atomic E-state index is -0.528. The SMILES string of the molecule is C(=C/P(c1ccccc1)c1ccccc1)/P(c1ccccc1)c1ccccc1.C(=C/P(c1ccccc1)c1ccccc1)/P(c1ccccc1)c1ccccc1.[Au+]. The van der Waals surface area contributed by atoms with Gasteiger partial charge >= 0.3 is 22.4 Å². The van der Waals surface area contributed by atoms with Crippen molar-refractivity contribution in [2.75, 3.05) is 0 Å². The van der Waals surface area contributed by atoms with Crippen molar-refractivity contribution in [1.29, 1.82) is 0 Å². The fraction of sp³-hybridized carbons (Fsp3) is 0. The Hall–Kier alpha value is -4.30. The third-order valence-electron chi connectivity index (χ3n) is 9.00. The quantitative estimate of drug-likeness (QED) is 0.0845. The van der Waals surface area contributed by atoms with Crippen LogP contribution in [0.3, 0.4) is 0 Å². The topological polar surface area (TPSA) is 0 Å². The standard InChI is InChI=1S/2C26H22P2.Au/c2*1-5-13-23(14-6-1)27(24-15-7-2-8-16-24)21-22-28(25-17-9-3-10-18-25)26-19-11-4-12-20-26;/h2*1-22H;/q;;+1/b2*22-21-;. The fourth-order valence-corrected chi connectivity index (χ4v) is 14.9. The van der Waals surface area contributed by atoms with Crippen LogP contribution in [0.2, 0.25) is 0 Å². The molecule has 0 N–H and O–H groups in total. The monoisotopic (exact) mass is 989 g/mol. The van der Waals surface area contributed by atoms with E-state index in [1.54, 1.807) is 0 Å². The number of benzene rings is 8. The van der Waals surface area contributed by atoms with Gasteiger partial charge in [0.2, 0.25) is 0 Å². The van der Waals surface area contributed by atoms with Crippen molar-refractivity contribution in [2.24, 2.45) is 0 Å². The van der Waals surface area contributed by atoms with Gasteiger partial charge in [-0.25, -0.2) is 0 Å². The summed E-state index contributed by atoms with van der Waals surface area (Å²) in [5.41, 5.74) is 0. The predicted molar refractivity (Wildman–Crippen MR) is 255 cm³/mol. The fourth-order valence-electron chi connectivity index (χ4n) is 6.26. The van der Waals surface area contributed by atoms with Crippen LogP contribution in [0.15, 0.2) is 266 Å². The van der Waals surface area contributed by atoms with Gasteiger partial charge in [0.15, 0.2) is 0 Å². The molecule has 0 aliphatic carbocycles. The Labute approximate surface area is 360 Å². The number of rotatable bonds is 12. The van der Waals surface area contributed by atoms with E-state index in [2.05, 4.69) is 266 Å². The van der Waals surface area contributed by atoms with Crippen LogP contribution in [0, 0.1) is 0 Å². The summed E-state index contributed by atoms with van der Waals surface area (Å²) in [6.07, 6.45) is 0. The maximum absolute atomic E-state index is 2.45. The first-order chi connectivity index (χ1) is 27.8. The van der Waals surface area contributed by atoms with Crippen molar-refractivity contribution in [3.05, 3.63) is 266 Å². The van der Waals surface area contributed by atoms with Crippen LogP contribution in [-0.2, 0) is 22.4 Å². The Morgan fingerprint density at radius 2 is 0.281 bits per heavy atom. The summed E-state index contributed by atoms with van der Waals surface area (Å²) < 4.78 is 0. The number of hydrogen-bond acceptors (Lipinski definition) is 0. The van der Waals surface area contributed by atoms with Gasteiger partial charge < -0.3 is 0 Å². The van der Waals surface area contributed by atoms with Crippen molar-refractivity contribution in [1.82, 2.24) is 0 Å². The first-order valence-corrected chi connectivity index (χ1v) is 24.4. The average molecular weight is 990 g/mol. The maximum atomic E-state index is 2.45. The summed E-state index contributed by atoms with van der Waals surface area (Å²) in [6.45, 7) is 0. The molecule has 8 rings (SSSR count). The van der Waals surface area contributed by atoms with Crippen molar-refractivity contribution < 1.29 is 22.4 Å². The molecule has 0 saturated carbocycles. The van der Waals surface area contributed by atoms with Gasteiger partial charge in [-0.1, -0.05) is 266 Å². The third kappa shape index (κ3) is 12.3. The van der Waals surface area contributed by atoms with E-state index in [1.807, 2.05) is 0 Å².